The normalized spacial score (nSPS) is 11.2. The summed E-state index contributed by atoms with van der Waals surface area (Å²) in [6.07, 6.45) is 1.71. The first-order valence-corrected chi connectivity index (χ1v) is 12.2. The second-order valence-corrected chi connectivity index (χ2v) is 9.06. The number of nitrogens with zero attached hydrogens (tertiary/aromatic N) is 3. The fraction of sp³-hybridized carbons (Fsp3) is 0.261. The lowest BCUT2D eigenvalue weighted by Gasteiger charge is -2.08. The Morgan fingerprint density at radius 3 is 2.69 bits per heavy atom. The van der Waals surface area contributed by atoms with E-state index < -0.39 is 0 Å². The monoisotopic (exact) mass is 467 g/mol. The molecule has 166 valence electrons. The summed E-state index contributed by atoms with van der Waals surface area (Å²) in [6, 6.07) is 17.8. The highest BCUT2D eigenvalue weighted by atomic mass is 32.2. The van der Waals surface area contributed by atoms with Gasteiger partial charge in [0.25, 0.3) is 0 Å². The highest BCUT2D eigenvalue weighted by molar-refractivity contribution is 7.98. The predicted octanol–water partition coefficient (Wildman–Crippen LogP) is 4.27. The van der Waals surface area contributed by atoms with Gasteiger partial charge in [0.2, 0.25) is 0 Å². The largest absolute Gasteiger partial charge is 0.457 e. The molecule has 0 aliphatic rings. The molecule has 7 nitrogen and oxygen atoms in total. The van der Waals surface area contributed by atoms with Crippen molar-refractivity contribution in [1.82, 2.24) is 20.3 Å². The Morgan fingerprint density at radius 1 is 1.00 bits per heavy atom. The van der Waals surface area contributed by atoms with Crippen LogP contribution in [-0.2, 0) is 12.2 Å². The number of anilines is 1. The highest BCUT2D eigenvalue weighted by Crippen LogP contribution is 2.30. The third-order valence-corrected chi connectivity index (χ3v) is 6.46. The second-order valence-electron chi connectivity index (χ2n) is 7.09. The van der Waals surface area contributed by atoms with E-state index in [0.29, 0.717) is 28.2 Å². The molecule has 0 amide bonds. The maximum absolute atomic E-state index is 8.89. The number of nitrogens with one attached hydrogen (secondary N) is 1. The van der Waals surface area contributed by atoms with Crippen molar-refractivity contribution in [1.29, 1.82) is 0 Å². The van der Waals surface area contributed by atoms with Crippen molar-refractivity contribution in [2.45, 2.75) is 23.8 Å². The number of benzene rings is 2. The van der Waals surface area contributed by atoms with Crippen LogP contribution >= 0.6 is 23.1 Å². The first-order chi connectivity index (χ1) is 15.7. The Hall–Kier alpha value is -2.72. The molecule has 0 saturated heterocycles. The minimum Gasteiger partial charge on any atom is -0.457 e. The van der Waals surface area contributed by atoms with Crippen LogP contribution in [0.3, 0.4) is 0 Å². The van der Waals surface area contributed by atoms with Crippen LogP contribution in [0.2, 0.25) is 0 Å². The van der Waals surface area contributed by atoms with E-state index in [2.05, 4.69) is 21.4 Å². The zero-order chi connectivity index (χ0) is 22.2. The molecule has 0 aliphatic carbocycles. The maximum Gasteiger partial charge on any atom is 0.190 e. The van der Waals surface area contributed by atoms with Crippen LogP contribution in [0.5, 0.6) is 11.5 Å². The summed E-state index contributed by atoms with van der Waals surface area (Å²) < 4.78 is 6.89. The summed E-state index contributed by atoms with van der Waals surface area (Å²) in [5.41, 5.74) is 8.68. The molecule has 32 heavy (non-hydrogen) atoms. The number of aromatic nitrogens is 3. The fourth-order valence-corrected chi connectivity index (χ4v) is 4.75. The van der Waals surface area contributed by atoms with E-state index in [9.17, 15) is 0 Å². The van der Waals surface area contributed by atoms with Gasteiger partial charge in [-0.1, -0.05) is 53.4 Å². The molecule has 2 aromatic carbocycles. The average Bonchev–Trinajstić information content (AvgIpc) is 3.19. The number of ether oxygens (including phenoxy) is 1. The van der Waals surface area contributed by atoms with Gasteiger partial charge in [-0.05, 0) is 49.2 Å². The molecule has 0 fully saturated rings. The summed E-state index contributed by atoms with van der Waals surface area (Å²) >= 11 is 3.00. The Morgan fingerprint density at radius 2 is 1.84 bits per heavy atom. The standard InChI is InChI=1S/C23H25N5O2S2/c24-22-27-21-20(32-22)19(10-5-11-25-12-13-29)26-23(28-21)31-15-16-6-4-9-18(14-16)30-17-7-2-1-3-8-17/h1-4,6-9,14,25,29H,5,10-13,15H2,(H2,24,26,27,28). The van der Waals surface area contributed by atoms with E-state index in [1.165, 1.54) is 11.3 Å². The molecule has 0 radical (unpaired) electrons. The predicted molar refractivity (Wildman–Crippen MR) is 130 cm³/mol. The quantitative estimate of drug-likeness (QED) is 0.171. The first-order valence-electron chi connectivity index (χ1n) is 10.4. The van der Waals surface area contributed by atoms with Crippen LogP contribution in [-0.4, -0.2) is 39.8 Å². The van der Waals surface area contributed by atoms with Crippen molar-refractivity contribution < 1.29 is 9.84 Å². The van der Waals surface area contributed by atoms with E-state index in [-0.39, 0.29) is 6.61 Å². The lowest BCUT2D eigenvalue weighted by Crippen LogP contribution is -2.19. The zero-order valence-electron chi connectivity index (χ0n) is 17.5. The van der Waals surface area contributed by atoms with Crippen molar-refractivity contribution in [3.8, 4) is 11.5 Å². The third kappa shape index (κ3) is 6.17. The van der Waals surface area contributed by atoms with E-state index in [4.69, 9.17) is 20.6 Å². The van der Waals surface area contributed by atoms with Gasteiger partial charge in [-0.2, -0.15) is 0 Å². The van der Waals surface area contributed by atoms with Gasteiger partial charge in [0.1, 0.15) is 11.5 Å². The molecule has 4 N–H and O–H groups in total. The summed E-state index contributed by atoms with van der Waals surface area (Å²) in [4.78, 5) is 13.8. The Labute approximate surface area is 195 Å². The second kappa shape index (κ2) is 11.2. The summed E-state index contributed by atoms with van der Waals surface area (Å²) in [5.74, 6) is 2.33. The topological polar surface area (TPSA) is 106 Å². The van der Waals surface area contributed by atoms with Crippen LogP contribution in [0.25, 0.3) is 10.3 Å². The number of nitrogen functional groups attached to an aromatic ring is 1. The van der Waals surface area contributed by atoms with Gasteiger partial charge in [-0.3, -0.25) is 0 Å². The first kappa shape index (κ1) is 22.5. The van der Waals surface area contributed by atoms with Gasteiger partial charge in [0, 0.05) is 12.3 Å². The van der Waals surface area contributed by atoms with E-state index in [1.807, 2.05) is 48.5 Å². The van der Waals surface area contributed by atoms with Gasteiger partial charge in [0.05, 0.1) is 17.0 Å². The lowest BCUT2D eigenvalue weighted by atomic mass is 10.2. The van der Waals surface area contributed by atoms with Gasteiger partial charge < -0.3 is 20.9 Å². The van der Waals surface area contributed by atoms with Gasteiger partial charge >= 0.3 is 0 Å². The fourth-order valence-electron chi connectivity index (χ4n) is 3.16. The molecule has 9 heteroatoms. The smallest absolute Gasteiger partial charge is 0.190 e. The van der Waals surface area contributed by atoms with Crippen molar-refractivity contribution in [3.63, 3.8) is 0 Å². The molecular formula is C23H25N5O2S2. The van der Waals surface area contributed by atoms with Crippen LogP contribution in [0.4, 0.5) is 5.13 Å². The minimum atomic E-state index is 0.140. The molecule has 0 atom stereocenters. The van der Waals surface area contributed by atoms with E-state index in [0.717, 1.165) is 46.8 Å². The SMILES string of the molecule is Nc1nc2nc(SCc3cccc(Oc4ccccc4)c3)nc(CCCNCCO)c2s1. The lowest BCUT2D eigenvalue weighted by molar-refractivity contribution is 0.292. The number of thiazole rings is 1. The van der Waals surface area contributed by atoms with Crippen molar-refractivity contribution in [2.75, 3.05) is 25.4 Å². The van der Waals surface area contributed by atoms with E-state index >= 15 is 0 Å². The molecule has 0 spiro atoms. The number of para-hydroxylation sites is 1. The third-order valence-electron chi connectivity index (χ3n) is 4.62. The summed E-state index contributed by atoms with van der Waals surface area (Å²) in [5, 5.41) is 13.3. The number of aliphatic hydroxyl groups excluding tert-OH is 1. The Kier molecular flexibility index (Phi) is 7.89. The Balaban J connectivity index is 1.44. The number of thioether (sulfide) groups is 1. The molecule has 4 aromatic rings. The number of rotatable bonds is 11. The molecule has 0 bridgehead atoms. The van der Waals surface area contributed by atoms with Gasteiger partial charge in [-0.15, -0.1) is 0 Å². The molecule has 2 aromatic heterocycles. The molecular weight excluding hydrogens is 442 g/mol. The number of hydrogen-bond donors (Lipinski definition) is 3. The molecule has 4 rings (SSSR count). The number of nitrogens with two attached hydrogens (primary N) is 1. The zero-order valence-corrected chi connectivity index (χ0v) is 19.2. The van der Waals surface area contributed by atoms with Gasteiger partial charge in [-0.25, -0.2) is 15.0 Å². The molecule has 0 aliphatic heterocycles. The summed E-state index contributed by atoms with van der Waals surface area (Å²) in [6.45, 7) is 1.55. The van der Waals surface area contributed by atoms with Crippen molar-refractivity contribution in [3.05, 3.63) is 65.9 Å². The molecule has 0 saturated carbocycles. The number of hydrogen-bond acceptors (Lipinski definition) is 9. The Bertz CT molecular complexity index is 1150. The van der Waals surface area contributed by atoms with Crippen molar-refractivity contribution >= 4 is 38.6 Å². The highest BCUT2D eigenvalue weighted by Gasteiger charge is 2.13. The molecule has 0 unspecified atom stereocenters. The number of aryl methyl sites for hydroxylation is 1. The summed E-state index contributed by atoms with van der Waals surface area (Å²) in [7, 11) is 0. The van der Waals surface area contributed by atoms with Gasteiger partial charge in [0.15, 0.2) is 15.9 Å². The van der Waals surface area contributed by atoms with Crippen LogP contribution < -0.4 is 15.8 Å². The number of aliphatic hydroxyl groups is 1. The van der Waals surface area contributed by atoms with Crippen molar-refractivity contribution in [2.24, 2.45) is 0 Å². The van der Waals surface area contributed by atoms with Crippen LogP contribution in [0.1, 0.15) is 17.7 Å². The maximum atomic E-state index is 8.89. The number of fused-ring (bicyclic) bond motifs is 1. The van der Waals surface area contributed by atoms with Crippen LogP contribution in [0, 0.1) is 0 Å². The van der Waals surface area contributed by atoms with E-state index in [1.54, 1.807) is 11.8 Å². The molecule has 2 heterocycles. The van der Waals surface area contributed by atoms with Crippen LogP contribution in [0.15, 0.2) is 59.8 Å². The average molecular weight is 468 g/mol. The minimum absolute atomic E-state index is 0.140.